The molecule has 0 radical (unpaired) electrons. The van der Waals surface area contributed by atoms with Crippen molar-refractivity contribution in [1.29, 1.82) is 0 Å². The van der Waals surface area contributed by atoms with Crippen LogP contribution in [0.3, 0.4) is 0 Å². The van der Waals surface area contributed by atoms with Crippen molar-refractivity contribution < 1.29 is 9.53 Å². The summed E-state index contributed by atoms with van der Waals surface area (Å²) >= 11 is 14.7. The number of carbonyl (C=O) groups is 1. The van der Waals surface area contributed by atoms with Gasteiger partial charge in [-0.2, -0.15) is 0 Å². The predicted molar refractivity (Wildman–Crippen MR) is 105 cm³/mol. The number of nitrogens with zero attached hydrogens (tertiary/aromatic N) is 1. The molecule has 1 amide bonds. The van der Waals surface area contributed by atoms with Gasteiger partial charge in [-0.3, -0.25) is 10.1 Å². The average Bonchev–Trinajstić information content (AvgIpc) is 2.55. The molecule has 0 unspecified atom stereocenters. The van der Waals surface area contributed by atoms with E-state index in [1.165, 1.54) is 0 Å². The summed E-state index contributed by atoms with van der Waals surface area (Å²) in [7, 11) is 0. The Morgan fingerprint density at radius 2 is 2.00 bits per heavy atom. The maximum absolute atomic E-state index is 12.1. The van der Waals surface area contributed by atoms with Crippen LogP contribution in [-0.2, 0) is 4.79 Å². The lowest BCUT2D eigenvalue weighted by atomic mass is 10.3. The predicted octanol–water partition coefficient (Wildman–Crippen LogP) is 4.41. The van der Waals surface area contributed by atoms with Crippen molar-refractivity contribution in [3.63, 3.8) is 0 Å². The zero-order valence-electron chi connectivity index (χ0n) is 13.0. The number of hydrogen-bond acceptors (Lipinski definition) is 3. The highest BCUT2D eigenvalue weighted by Gasteiger charge is 2.13. The SMILES string of the molecule is CCN(C(=S)NC(=O)COc1ccc(Br)cc1Cl)c1ccccc1. The van der Waals surface area contributed by atoms with Gasteiger partial charge < -0.3 is 9.64 Å². The molecule has 0 saturated carbocycles. The number of anilines is 1. The third-order valence-electron chi connectivity index (χ3n) is 3.13. The van der Waals surface area contributed by atoms with Crippen LogP contribution in [0.4, 0.5) is 5.69 Å². The third-order valence-corrected chi connectivity index (χ3v) is 4.24. The van der Waals surface area contributed by atoms with Crippen LogP contribution in [0.15, 0.2) is 53.0 Å². The van der Waals surface area contributed by atoms with Crippen LogP contribution >= 0.6 is 39.7 Å². The summed E-state index contributed by atoms with van der Waals surface area (Å²) < 4.78 is 6.27. The maximum atomic E-state index is 12.1. The molecule has 0 bridgehead atoms. The van der Waals surface area contributed by atoms with Gasteiger partial charge in [-0.15, -0.1) is 0 Å². The number of hydrogen-bond donors (Lipinski definition) is 1. The van der Waals surface area contributed by atoms with Gasteiger partial charge in [-0.25, -0.2) is 0 Å². The summed E-state index contributed by atoms with van der Waals surface area (Å²) in [6.45, 7) is 2.43. The van der Waals surface area contributed by atoms with Crippen LogP contribution < -0.4 is 15.0 Å². The van der Waals surface area contributed by atoms with Crippen LogP contribution in [0.5, 0.6) is 5.75 Å². The minimum atomic E-state index is -0.339. The van der Waals surface area contributed by atoms with E-state index in [-0.39, 0.29) is 12.5 Å². The fourth-order valence-electron chi connectivity index (χ4n) is 2.01. The lowest BCUT2D eigenvalue weighted by Gasteiger charge is -2.23. The van der Waals surface area contributed by atoms with E-state index < -0.39 is 0 Å². The molecule has 4 nitrogen and oxygen atoms in total. The molecule has 0 aliphatic rings. The first kappa shape index (κ1) is 18.7. The van der Waals surface area contributed by atoms with Crippen molar-refractivity contribution in [1.82, 2.24) is 5.32 Å². The molecule has 0 aromatic heterocycles. The van der Waals surface area contributed by atoms with Crippen LogP contribution in [-0.4, -0.2) is 24.2 Å². The molecule has 2 aromatic carbocycles. The first-order valence-electron chi connectivity index (χ1n) is 7.25. The molecule has 2 aromatic rings. The molecule has 24 heavy (non-hydrogen) atoms. The Kier molecular flexibility index (Phi) is 7.02. The molecule has 0 aliphatic heterocycles. The van der Waals surface area contributed by atoms with Crippen molar-refractivity contribution in [2.45, 2.75) is 6.92 Å². The van der Waals surface area contributed by atoms with Gasteiger partial charge in [-0.05, 0) is 49.5 Å². The second-order valence-electron chi connectivity index (χ2n) is 4.80. The highest BCUT2D eigenvalue weighted by atomic mass is 79.9. The Balaban J connectivity index is 1.92. The third kappa shape index (κ3) is 5.19. The van der Waals surface area contributed by atoms with Crippen molar-refractivity contribution in [2.24, 2.45) is 0 Å². The number of nitrogens with one attached hydrogen (secondary N) is 1. The van der Waals surface area contributed by atoms with E-state index in [0.717, 1.165) is 10.2 Å². The van der Waals surface area contributed by atoms with Crippen molar-refractivity contribution in [3.8, 4) is 5.75 Å². The Labute approximate surface area is 159 Å². The van der Waals surface area contributed by atoms with Gasteiger partial charge >= 0.3 is 0 Å². The molecular weight excluding hydrogens is 412 g/mol. The summed E-state index contributed by atoms with van der Waals surface area (Å²) in [6.07, 6.45) is 0. The molecule has 0 saturated heterocycles. The van der Waals surface area contributed by atoms with Gasteiger partial charge in [0.05, 0.1) is 5.02 Å². The fourth-order valence-corrected chi connectivity index (χ4v) is 3.09. The largest absolute Gasteiger partial charge is 0.482 e. The van der Waals surface area contributed by atoms with E-state index in [1.54, 1.807) is 18.2 Å². The first-order valence-corrected chi connectivity index (χ1v) is 8.83. The zero-order chi connectivity index (χ0) is 17.5. The second kappa shape index (κ2) is 9.01. The normalized spacial score (nSPS) is 10.1. The minimum absolute atomic E-state index is 0.173. The van der Waals surface area contributed by atoms with E-state index in [1.807, 2.05) is 42.2 Å². The van der Waals surface area contributed by atoms with Crippen molar-refractivity contribution in [2.75, 3.05) is 18.1 Å². The Bertz CT molecular complexity index is 728. The summed E-state index contributed by atoms with van der Waals surface area (Å²) in [5.41, 5.74) is 0.919. The van der Waals surface area contributed by atoms with Gasteiger partial charge in [0.2, 0.25) is 0 Å². The summed E-state index contributed by atoms with van der Waals surface area (Å²) in [6, 6.07) is 14.8. The number of amides is 1. The Morgan fingerprint density at radius 3 is 2.62 bits per heavy atom. The molecule has 0 aliphatic carbocycles. The number of carbonyl (C=O) groups excluding carboxylic acids is 1. The molecule has 0 fully saturated rings. The first-order chi connectivity index (χ1) is 11.5. The smallest absolute Gasteiger partial charge is 0.264 e. The lowest BCUT2D eigenvalue weighted by molar-refractivity contribution is -0.121. The van der Waals surface area contributed by atoms with E-state index in [2.05, 4.69) is 21.2 Å². The van der Waals surface area contributed by atoms with Crippen molar-refractivity contribution in [3.05, 3.63) is 58.0 Å². The maximum Gasteiger partial charge on any atom is 0.264 e. The number of thiocarbonyl (C=S) groups is 1. The van der Waals surface area contributed by atoms with Crippen LogP contribution in [0, 0.1) is 0 Å². The molecule has 1 N–H and O–H groups in total. The summed E-state index contributed by atoms with van der Waals surface area (Å²) in [4.78, 5) is 13.9. The van der Waals surface area contributed by atoms with Gasteiger partial charge in [0.15, 0.2) is 11.7 Å². The molecule has 0 atom stereocenters. The highest BCUT2D eigenvalue weighted by Crippen LogP contribution is 2.27. The van der Waals surface area contributed by atoms with Crippen LogP contribution in [0.1, 0.15) is 6.92 Å². The van der Waals surface area contributed by atoms with Gasteiger partial charge in [0, 0.05) is 16.7 Å². The lowest BCUT2D eigenvalue weighted by Crippen LogP contribution is -2.44. The van der Waals surface area contributed by atoms with Crippen LogP contribution in [0.2, 0.25) is 5.02 Å². The van der Waals surface area contributed by atoms with Gasteiger partial charge in [-0.1, -0.05) is 45.7 Å². The molecular formula is C17H16BrClN2O2S. The average molecular weight is 428 g/mol. The highest BCUT2D eigenvalue weighted by molar-refractivity contribution is 9.10. The van der Waals surface area contributed by atoms with E-state index >= 15 is 0 Å². The second-order valence-corrected chi connectivity index (χ2v) is 6.51. The van der Waals surface area contributed by atoms with E-state index in [0.29, 0.717) is 22.4 Å². The van der Waals surface area contributed by atoms with Gasteiger partial charge in [0.25, 0.3) is 5.91 Å². The molecule has 2 rings (SSSR count). The molecule has 126 valence electrons. The number of benzene rings is 2. The van der Waals surface area contributed by atoms with Gasteiger partial charge in [0.1, 0.15) is 5.75 Å². The number of rotatable bonds is 5. The summed E-state index contributed by atoms with van der Waals surface area (Å²) in [5.74, 6) is 0.102. The number of ether oxygens (including phenoxy) is 1. The molecule has 0 heterocycles. The van der Waals surface area contributed by atoms with E-state index in [4.69, 9.17) is 28.6 Å². The Hall–Kier alpha value is -1.63. The standard InChI is InChI=1S/C17H16BrClN2O2S/c1-2-21(13-6-4-3-5-7-13)17(24)20-16(22)11-23-15-9-8-12(18)10-14(15)19/h3-10H,2,11H2,1H3,(H,20,22,24). The number of halogens is 2. The minimum Gasteiger partial charge on any atom is -0.482 e. The molecule has 7 heteroatoms. The zero-order valence-corrected chi connectivity index (χ0v) is 16.1. The van der Waals surface area contributed by atoms with Crippen molar-refractivity contribution >= 4 is 56.5 Å². The Morgan fingerprint density at radius 1 is 1.29 bits per heavy atom. The number of para-hydroxylation sites is 1. The summed E-state index contributed by atoms with van der Waals surface area (Å²) in [5, 5.41) is 3.43. The monoisotopic (exact) mass is 426 g/mol. The topological polar surface area (TPSA) is 41.6 Å². The fraction of sp³-hybridized carbons (Fsp3) is 0.176. The van der Waals surface area contributed by atoms with Crippen LogP contribution in [0.25, 0.3) is 0 Å². The van der Waals surface area contributed by atoms with E-state index in [9.17, 15) is 4.79 Å². The molecule has 0 spiro atoms. The quantitative estimate of drug-likeness (QED) is 0.718.